The molecule has 0 bridgehead atoms. The zero-order chi connectivity index (χ0) is 36.1. The molecule has 270 valence electrons. The number of nitriles is 1. The molecule has 2 aromatic carbocycles. The zero-order valence-electron chi connectivity index (χ0n) is 30.0. The summed E-state index contributed by atoms with van der Waals surface area (Å²) in [6, 6.07) is 10.8. The quantitative estimate of drug-likeness (QED) is 0.172. The van der Waals surface area contributed by atoms with Gasteiger partial charge in [0, 0.05) is 55.5 Å². The monoisotopic (exact) mass is 733 g/mol. The van der Waals surface area contributed by atoms with Crippen molar-refractivity contribution < 1.29 is 17.9 Å². The number of hydrogen-bond donors (Lipinski definition) is 1. The second-order valence-electron chi connectivity index (χ2n) is 15.8. The number of hydrogen-bond acceptors (Lipinski definition) is 9. The Balaban J connectivity index is 1.24. The number of piperazine rings is 1. The predicted octanol–water partition coefficient (Wildman–Crippen LogP) is 7.87. The van der Waals surface area contributed by atoms with Gasteiger partial charge in [-0.15, -0.1) is 0 Å². The number of aromatic nitrogens is 3. The molecule has 3 atom stereocenters. The molecule has 5 heterocycles. The molecule has 51 heavy (non-hydrogen) atoms. The van der Waals surface area contributed by atoms with Gasteiger partial charge >= 0.3 is 6.01 Å². The van der Waals surface area contributed by atoms with Crippen molar-refractivity contribution in [1.82, 2.24) is 25.2 Å². The first-order valence-electron chi connectivity index (χ1n) is 17.9. The van der Waals surface area contributed by atoms with E-state index < -0.39 is 20.0 Å². The van der Waals surface area contributed by atoms with E-state index in [1.165, 1.54) is 6.07 Å². The van der Waals surface area contributed by atoms with Gasteiger partial charge < -0.3 is 19.4 Å². The van der Waals surface area contributed by atoms with Crippen molar-refractivity contribution in [2.24, 2.45) is 0 Å². The topological polar surface area (TPSA) is 99.4 Å². The molecule has 13 heteroatoms. The fraction of sp³-hybridized carbons (Fsp3) is 0.526. The zero-order valence-corrected chi connectivity index (χ0v) is 31.8. The van der Waals surface area contributed by atoms with Crippen LogP contribution >= 0.6 is 11.6 Å². The molecule has 0 aliphatic carbocycles. The summed E-state index contributed by atoms with van der Waals surface area (Å²) in [5, 5.41) is 14.3. The highest BCUT2D eigenvalue weighted by Gasteiger charge is 2.50. The minimum Gasteiger partial charge on any atom is -0.461 e. The van der Waals surface area contributed by atoms with Crippen LogP contribution in [-0.2, 0) is 4.43 Å². The fourth-order valence-corrected chi connectivity index (χ4v) is 9.11. The second kappa shape index (κ2) is 13.8. The maximum Gasteiger partial charge on any atom is 0.319 e. The van der Waals surface area contributed by atoms with Gasteiger partial charge in [-0.2, -0.15) is 15.2 Å². The van der Waals surface area contributed by atoms with E-state index in [9.17, 15) is 9.65 Å². The van der Waals surface area contributed by atoms with E-state index in [-0.39, 0.29) is 38.9 Å². The van der Waals surface area contributed by atoms with Crippen molar-refractivity contribution in [2.75, 3.05) is 44.3 Å². The highest BCUT2D eigenvalue weighted by atomic mass is 35.5. The van der Waals surface area contributed by atoms with E-state index in [4.69, 9.17) is 30.7 Å². The molecule has 2 aromatic heterocycles. The summed E-state index contributed by atoms with van der Waals surface area (Å²) in [5.41, 5.74) is 0.277. The van der Waals surface area contributed by atoms with Gasteiger partial charge in [0.05, 0.1) is 28.4 Å². The van der Waals surface area contributed by atoms with Crippen LogP contribution in [0.15, 0.2) is 36.5 Å². The molecule has 0 radical (unpaired) electrons. The number of benzene rings is 2. The van der Waals surface area contributed by atoms with Crippen molar-refractivity contribution in [1.29, 1.82) is 5.26 Å². The van der Waals surface area contributed by atoms with Crippen LogP contribution in [0.4, 0.5) is 14.6 Å². The van der Waals surface area contributed by atoms with Crippen LogP contribution < -0.4 is 15.0 Å². The van der Waals surface area contributed by atoms with Gasteiger partial charge in [-0.3, -0.25) is 9.88 Å². The van der Waals surface area contributed by atoms with Crippen LogP contribution in [-0.4, -0.2) is 85.2 Å². The summed E-state index contributed by atoms with van der Waals surface area (Å²) >= 11 is 6.45. The van der Waals surface area contributed by atoms with Crippen molar-refractivity contribution in [3.63, 3.8) is 0 Å². The number of ether oxygens (including phenoxy) is 1. The molecule has 3 fully saturated rings. The number of anilines is 1. The molecule has 7 rings (SSSR count). The third-order valence-electron chi connectivity index (χ3n) is 11.7. The van der Waals surface area contributed by atoms with Gasteiger partial charge in [-0.05, 0) is 61.8 Å². The van der Waals surface area contributed by atoms with E-state index in [1.54, 1.807) is 30.5 Å². The standard InChI is InChI=1S/C38H46ClF2N7O2Si/c1-37(2,3)51(4,5)50-22-26-12-15-38(14-7-18-48(26)38)23-49-36-45-34-28(35(46-36)47-19-17-43-25(21-47)13-16-42)20-44-33(32(34)41)27-9-6-8-24-10-11-29(40)31(39)30(24)27/h6,8-11,20,25-26,43H,7,12-15,17-19,21-23H2,1-5H3/t25-,26?,38?/m0/s1. The Morgan fingerprint density at radius 3 is 2.75 bits per heavy atom. The number of nitrogens with one attached hydrogen (secondary N) is 1. The lowest BCUT2D eigenvalue weighted by Crippen LogP contribution is -2.51. The first kappa shape index (κ1) is 35.9. The van der Waals surface area contributed by atoms with Crippen molar-refractivity contribution in [3.8, 4) is 23.3 Å². The van der Waals surface area contributed by atoms with Crippen LogP contribution in [0.3, 0.4) is 0 Å². The Kier molecular flexibility index (Phi) is 9.73. The third kappa shape index (κ3) is 6.68. The maximum atomic E-state index is 16.9. The van der Waals surface area contributed by atoms with Gasteiger partial charge in [-0.1, -0.05) is 56.6 Å². The summed E-state index contributed by atoms with van der Waals surface area (Å²) in [5.74, 6) is -0.751. The van der Waals surface area contributed by atoms with Crippen LogP contribution in [0.5, 0.6) is 6.01 Å². The minimum absolute atomic E-state index is 0.0137. The molecule has 4 aromatic rings. The summed E-state index contributed by atoms with van der Waals surface area (Å²) in [7, 11) is -1.90. The van der Waals surface area contributed by atoms with E-state index in [1.807, 2.05) is 4.90 Å². The van der Waals surface area contributed by atoms with Crippen LogP contribution in [0.1, 0.15) is 52.9 Å². The lowest BCUT2D eigenvalue weighted by molar-refractivity contribution is 0.0663. The molecule has 0 saturated carbocycles. The normalized spacial score (nSPS) is 22.8. The highest BCUT2D eigenvalue weighted by Crippen LogP contribution is 2.45. The van der Waals surface area contributed by atoms with Crippen LogP contribution in [0.2, 0.25) is 23.2 Å². The fourth-order valence-electron chi connectivity index (χ4n) is 7.80. The average molecular weight is 734 g/mol. The molecule has 3 saturated heterocycles. The average Bonchev–Trinajstić information content (AvgIpc) is 3.67. The van der Waals surface area contributed by atoms with E-state index in [0.29, 0.717) is 72.9 Å². The van der Waals surface area contributed by atoms with Gasteiger partial charge in [0.1, 0.15) is 29.5 Å². The van der Waals surface area contributed by atoms with Crippen LogP contribution in [0, 0.1) is 23.0 Å². The Hall–Kier alpha value is -3.47. The lowest BCUT2D eigenvalue weighted by atomic mass is 9.95. The summed E-state index contributed by atoms with van der Waals surface area (Å²) in [6.07, 6.45) is 5.98. The third-order valence-corrected chi connectivity index (χ3v) is 16.5. The van der Waals surface area contributed by atoms with Crippen molar-refractivity contribution in [2.45, 2.75) is 88.6 Å². The number of pyridine rings is 1. The Labute approximate surface area is 304 Å². The van der Waals surface area contributed by atoms with Gasteiger partial charge in [0.25, 0.3) is 0 Å². The highest BCUT2D eigenvalue weighted by molar-refractivity contribution is 6.74. The molecule has 0 spiro atoms. The van der Waals surface area contributed by atoms with Gasteiger partial charge in [0.2, 0.25) is 0 Å². The first-order valence-corrected chi connectivity index (χ1v) is 21.2. The van der Waals surface area contributed by atoms with Crippen molar-refractivity contribution in [3.05, 3.63) is 53.2 Å². The Bertz CT molecular complexity index is 2000. The molecule has 1 N–H and O–H groups in total. The maximum absolute atomic E-state index is 16.9. The predicted molar refractivity (Wildman–Crippen MR) is 200 cm³/mol. The summed E-state index contributed by atoms with van der Waals surface area (Å²) < 4.78 is 44.7. The minimum atomic E-state index is -1.90. The molecule has 0 amide bonds. The Morgan fingerprint density at radius 1 is 1.14 bits per heavy atom. The number of rotatable bonds is 9. The molecular formula is C38H46ClF2N7O2Si. The van der Waals surface area contributed by atoms with Crippen molar-refractivity contribution >= 4 is 47.4 Å². The van der Waals surface area contributed by atoms with E-state index in [0.717, 1.165) is 32.2 Å². The van der Waals surface area contributed by atoms with Crippen LogP contribution in [0.25, 0.3) is 32.9 Å². The van der Waals surface area contributed by atoms with E-state index in [2.05, 4.69) is 55.1 Å². The molecular weight excluding hydrogens is 688 g/mol. The molecule has 3 aliphatic heterocycles. The van der Waals surface area contributed by atoms with E-state index >= 15 is 4.39 Å². The lowest BCUT2D eigenvalue weighted by Gasteiger charge is -2.39. The first-order chi connectivity index (χ1) is 24.3. The SMILES string of the molecule is CC(C)(C)[Si](C)(C)OCC1CCC2(COc3nc(N4CCN[C@@H](CC#N)C4)c4cnc(-c5cccc6ccc(F)c(Cl)c56)c(F)c4n3)CCCN12. The number of fused-ring (bicyclic) bond motifs is 3. The summed E-state index contributed by atoms with van der Waals surface area (Å²) in [4.78, 5) is 18.8. The van der Waals surface area contributed by atoms with Gasteiger partial charge in [-0.25, -0.2) is 8.78 Å². The molecule has 2 unspecified atom stereocenters. The smallest absolute Gasteiger partial charge is 0.319 e. The molecule has 9 nitrogen and oxygen atoms in total. The largest absolute Gasteiger partial charge is 0.461 e. The van der Waals surface area contributed by atoms with Gasteiger partial charge in [0.15, 0.2) is 14.1 Å². The molecule has 3 aliphatic rings. The number of nitrogens with zero attached hydrogens (tertiary/aromatic N) is 6. The number of halogens is 3. The second-order valence-corrected chi connectivity index (χ2v) is 21.0. The Morgan fingerprint density at radius 2 is 1.96 bits per heavy atom. The summed E-state index contributed by atoms with van der Waals surface area (Å²) in [6.45, 7) is 15.2.